The number of carbonyl (C=O) groups excluding carboxylic acids is 1. The first-order valence-corrected chi connectivity index (χ1v) is 12.2. The van der Waals surface area contributed by atoms with Crippen molar-refractivity contribution in [3.05, 3.63) is 70.6 Å². The monoisotopic (exact) mass is 441 g/mol. The van der Waals surface area contributed by atoms with Crippen molar-refractivity contribution in [3.8, 4) is 0 Å². The molecule has 8 heteroatoms. The van der Waals surface area contributed by atoms with Gasteiger partial charge in [0.2, 0.25) is 15.9 Å². The molecule has 0 radical (unpaired) electrons. The Morgan fingerprint density at radius 1 is 1.00 bits per heavy atom. The molecule has 1 fully saturated rings. The number of aryl methyl sites for hydroxylation is 1. The van der Waals surface area contributed by atoms with Crippen molar-refractivity contribution in [2.45, 2.75) is 12.8 Å². The van der Waals surface area contributed by atoms with E-state index >= 15 is 0 Å². The van der Waals surface area contributed by atoms with Crippen LogP contribution in [0.15, 0.2) is 60.0 Å². The summed E-state index contributed by atoms with van der Waals surface area (Å²) >= 11 is 1.62. The van der Waals surface area contributed by atoms with E-state index in [9.17, 15) is 13.2 Å². The molecule has 4 rings (SSSR count). The lowest BCUT2D eigenvalue weighted by Gasteiger charge is -2.33. The summed E-state index contributed by atoms with van der Waals surface area (Å²) in [7, 11) is -3.49. The van der Waals surface area contributed by atoms with Crippen LogP contribution < -0.4 is 0 Å². The lowest BCUT2D eigenvalue weighted by atomic mass is 10.2. The van der Waals surface area contributed by atoms with Crippen molar-refractivity contribution in [2.75, 3.05) is 26.2 Å². The van der Waals surface area contributed by atoms with E-state index in [4.69, 9.17) is 0 Å². The van der Waals surface area contributed by atoms with Crippen LogP contribution in [0.2, 0.25) is 0 Å². The standard InChI is InChI=1S/C22H23N3O3S2/c26-22(11-10-21-23-19-8-4-5-9-20(19)29-21)24-13-15-25(16-14-24)30(27,28)17-12-18-6-2-1-3-7-18/h1-9,12,17H,10-11,13-16H2/b17-12+. The fraction of sp³-hybridized carbons (Fsp3) is 0.273. The Morgan fingerprint density at radius 2 is 1.70 bits per heavy atom. The van der Waals surface area contributed by atoms with Gasteiger partial charge in [-0.1, -0.05) is 42.5 Å². The number of aromatic nitrogens is 1. The number of hydrogen-bond acceptors (Lipinski definition) is 5. The molecule has 156 valence electrons. The van der Waals surface area contributed by atoms with Crippen LogP contribution in [-0.4, -0.2) is 54.7 Å². The maximum atomic E-state index is 12.6. The first kappa shape index (κ1) is 20.7. The van der Waals surface area contributed by atoms with Crippen LogP contribution in [0.1, 0.15) is 17.0 Å². The maximum absolute atomic E-state index is 12.6. The van der Waals surface area contributed by atoms with Gasteiger partial charge in [0.1, 0.15) is 0 Å². The molecule has 1 amide bonds. The van der Waals surface area contributed by atoms with Gasteiger partial charge in [0, 0.05) is 44.4 Å². The molecule has 0 N–H and O–H groups in total. The van der Waals surface area contributed by atoms with Crippen LogP contribution >= 0.6 is 11.3 Å². The molecule has 2 aromatic carbocycles. The Labute approximate surface area is 180 Å². The molecule has 1 aliphatic heterocycles. The molecule has 6 nitrogen and oxygen atoms in total. The highest BCUT2D eigenvalue weighted by Crippen LogP contribution is 2.22. The van der Waals surface area contributed by atoms with Crippen molar-refractivity contribution in [2.24, 2.45) is 0 Å². The number of fused-ring (bicyclic) bond motifs is 1. The summed E-state index contributed by atoms with van der Waals surface area (Å²) in [5, 5.41) is 2.20. The molecule has 0 aliphatic carbocycles. The lowest BCUT2D eigenvalue weighted by molar-refractivity contribution is -0.132. The van der Waals surface area contributed by atoms with Gasteiger partial charge in [-0.05, 0) is 23.8 Å². The van der Waals surface area contributed by atoms with Crippen molar-refractivity contribution >= 4 is 43.6 Å². The number of sulfonamides is 1. The van der Waals surface area contributed by atoms with Gasteiger partial charge in [-0.25, -0.2) is 13.4 Å². The summed E-state index contributed by atoms with van der Waals surface area (Å²) in [4.78, 5) is 18.9. The molecule has 0 saturated carbocycles. The molecule has 0 bridgehead atoms. The number of amides is 1. The summed E-state index contributed by atoms with van der Waals surface area (Å²) in [6, 6.07) is 17.3. The van der Waals surface area contributed by atoms with Crippen molar-refractivity contribution in [3.63, 3.8) is 0 Å². The van der Waals surface area contributed by atoms with Crippen molar-refractivity contribution in [1.82, 2.24) is 14.2 Å². The average Bonchev–Trinajstić information content (AvgIpc) is 3.20. The molecular formula is C22H23N3O3S2. The zero-order valence-corrected chi connectivity index (χ0v) is 18.1. The lowest BCUT2D eigenvalue weighted by Crippen LogP contribution is -2.50. The molecule has 3 aromatic rings. The molecule has 0 spiro atoms. The van der Waals surface area contributed by atoms with E-state index in [1.807, 2.05) is 54.6 Å². The van der Waals surface area contributed by atoms with Crippen LogP contribution in [0.5, 0.6) is 0 Å². The number of para-hydroxylation sites is 1. The largest absolute Gasteiger partial charge is 0.340 e. The highest BCUT2D eigenvalue weighted by Gasteiger charge is 2.27. The van der Waals surface area contributed by atoms with E-state index in [2.05, 4.69) is 4.98 Å². The quantitative estimate of drug-likeness (QED) is 0.588. The van der Waals surface area contributed by atoms with Gasteiger partial charge >= 0.3 is 0 Å². The SMILES string of the molecule is O=C(CCc1nc2ccccc2s1)N1CCN(S(=O)(=O)/C=C/c2ccccc2)CC1. The summed E-state index contributed by atoms with van der Waals surface area (Å²) < 4.78 is 27.7. The number of carbonyl (C=O) groups is 1. The third-order valence-corrected chi connectivity index (χ3v) is 7.74. The van der Waals surface area contributed by atoms with Crippen LogP contribution in [0.4, 0.5) is 0 Å². The Bertz CT molecular complexity index is 1120. The number of piperazine rings is 1. The molecule has 1 saturated heterocycles. The normalized spacial score (nSPS) is 15.8. The zero-order chi connectivity index (χ0) is 21.0. The van der Waals surface area contributed by atoms with E-state index in [0.29, 0.717) is 39.0 Å². The zero-order valence-electron chi connectivity index (χ0n) is 16.5. The van der Waals surface area contributed by atoms with Crippen molar-refractivity contribution in [1.29, 1.82) is 0 Å². The predicted octanol–water partition coefficient (Wildman–Crippen LogP) is 3.37. The molecular weight excluding hydrogens is 418 g/mol. The van der Waals surface area contributed by atoms with Gasteiger partial charge in [0.15, 0.2) is 0 Å². The molecule has 1 aliphatic rings. The topological polar surface area (TPSA) is 70.6 Å². The minimum absolute atomic E-state index is 0.0473. The number of hydrogen-bond donors (Lipinski definition) is 0. The van der Waals surface area contributed by atoms with E-state index in [1.54, 1.807) is 22.3 Å². The average molecular weight is 442 g/mol. The molecule has 30 heavy (non-hydrogen) atoms. The minimum atomic E-state index is -3.49. The Kier molecular flexibility index (Phi) is 6.26. The number of benzene rings is 2. The number of rotatable bonds is 6. The third-order valence-electron chi connectivity index (χ3n) is 5.07. The van der Waals surface area contributed by atoms with Crippen LogP contribution in [0.25, 0.3) is 16.3 Å². The van der Waals surface area contributed by atoms with Gasteiger partial charge < -0.3 is 4.90 Å². The Morgan fingerprint density at radius 3 is 2.43 bits per heavy atom. The Balaban J connectivity index is 1.29. The molecule has 1 aromatic heterocycles. The van der Waals surface area contributed by atoms with Gasteiger partial charge in [0.25, 0.3) is 0 Å². The first-order valence-electron chi connectivity index (χ1n) is 9.87. The Hall–Kier alpha value is -2.55. The van der Waals surface area contributed by atoms with Gasteiger partial charge in [-0.3, -0.25) is 4.79 Å². The summed E-state index contributed by atoms with van der Waals surface area (Å²) in [6.45, 7) is 1.46. The summed E-state index contributed by atoms with van der Waals surface area (Å²) in [5.74, 6) is 0.0473. The van der Waals surface area contributed by atoms with Crippen LogP contribution in [-0.2, 0) is 21.2 Å². The molecule has 2 heterocycles. The van der Waals surface area contributed by atoms with E-state index < -0.39 is 10.0 Å². The van der Waals surface area contributed by atoms with E-state index in [0.717, 1.165) is 20.8 Å². The second-order valence-corrected chi connectivity index (χ2v) is 10.0. The fourth-order valence-electron chi connectivity index (χ4n) is 3.41. The van der Waals surface area contributed by atoms with Crippen LogP contribution in [0.3, 0.4) is 0 Å². The van der Waals surface area contributed by atoms with Crippen LogP contribution in [0, 0.1) is 0 Å². The van der Waals surface area contributed by atoms with E-state index in [-0.39, 0.29) is 5.91 Å². The predicted molar refractivity (Wildman–Crippen MR) is 120 cm³/mol. The van der Waals surface area contributed by atoms with Gasteiger partial charge in [-0.2, -0.15) is 4.31 Å². The molecule has 0 atom stereocenters. The minimum Gasteiger partial charge on any atom is -0.340 e. The number of thiazole rings is 1. The van der Waals surface area contributed by atoms with E-state index in [1.165, 1.54) is 9.71 Å². The third kappa shape index (κ3) is 4.95. The second kappa shape index (κ2) is 9.07. The van der Waals surface area contributed by atoms with Gasteiger partial charge in [0.05, 0.1) is 15.2 Å². The number of nitrogens with zero attached hydrogens (tertiary/aromatic N) is 3. The van der Waals surface area contributed by atoms with Gasteiger partial charge in [-0.15, -0.1) is 11.3 Å². The first-order chi connectivity index (χ1) is 14.5. The smallest absolute Gasteiger partial charge is 0.236 e. The van der Waals surface area contributed by atoms with Crippen molar-refractivity contribution < 1.29 is 13.2 Å². The summed E-state index contributed by atoms with van der Waals surface area (Å²) in [5.41, 5.74) is 1.80. The highest BCUT2D eigenvalue weighted by molar-refractivity contribution is 7.92. The maximum Gasteiger partial charge on any atom is 0.236 e. The molecule has 0 unspecified atom stereocenters. The highest BCUT2D eigenvalue weighted by atomic mass is 32.2. The second-order valence-electron chi connectivity index (χ2n) is 7.11. The summed E-state index contributed by atoms with van der Waals surface area (Å²) in [6.07, 6.45) is 2.60. The fourth-order valence-corrected chi connectivity index (χ4v) is 5.55.